The predicted molar refractivity (Wildman–Crippen MR) is 97.6 cm³/mol. The fourth-order valence-corrected chi connectivity index (χ4v) is 2.26. The Morgan fingerprint density at radius 2 is 1.58 bits per heavy atom. The Morgan fingerprint density at radius 3 is 2.12 bits per heavy atom. The maximum atomic E-state index is 10.0. The quantitative estimate of drug-likeness (QED) is 0.609. The van der Waals surface area contributed by atoms with Gasteiger partial charge in [0, 0.05) is 26.6 Å². The fourth-order valence-electron chi connectivity index (χ4n) is 2.26. The van der Waals surface area contributed by atoms with E-state index >= 15 is 0 Å². The predicted octanol–water partition coefficient (Wildman–Crippen LogP) is 2.03. The molecule has 0 unspecified atom stereocenters. The van der Waals surface area contributed by atoms with Gasteiger partial charge in [0.05, 0.1) is 5.60 Å². The van der Waals surface area contributed by atoms with Crippen LogP contribution >= 0.6 is 0 Å². The summed E-state index contributed by atoms with van der Waals surface area (Å²) in [6, 6.07) is 0.264. The van der Waals surface area contributed by atoms with Crippen LogP contribution in [0, 0.1) is 0 Å². The summed E-state index contributed by atoms with van der Waals surface area (Å²) in [5, 5.41) is 19.5. The number of anilines is 3. The van der Waals surface area contributed by atoms with Crippen molar-refractivity contribution in [1.82, 2.24) is 19.9 Å². The van der Waals surface area contributed by atoms with E-state index in [0.717, 1.165) is 6.42 Å². The molecule has 0 aliphatic rings. The number of nitrogens with zero attached hydrogens (tertiary/aromatic N) is 4. The lowest BCUT2D eigenvalue weighted by Crippen LogP contribution is -2.24. The van der Waals surface area contributed by atoms with Crippen LogP contribution in [0.25, 0.3) is 11.0 Å². The molecule has 1 atom stereocenters. The zero-order valence-electron chi connectivity index (χ0n) is 15.2. The molecule has 2 aromatic heterocycles. The third-order valence-corrected chi connectivity index (χ3v) is 3.64. The molecule has 0 aliphatic heterocycles. The molecule has 0 aromatic carbocycles. The van der Waals surface area contributed by atoms with Crippen molar-refractivity contribution in [3.8, 4) is 0 Å². The average molecular weight is 333 g/mol. The molecule has 132 valence electrons. The van der Waals surface area contributed by atoms with Crippen molar-refractivity contribution >= 4 is 28.6 Å². The van der Waals surface area contributed by atoms with E-state index < -0.39 is 5.60 Å². The summed E-state index contributed by atoms with van der Waals surface area (Å²) in [5.41, 5.74) is 0.380. The molecule has 0 saturated carbocycles. The van der Waals surface area contributed by atoms with E-state index in [4.69, 9.17) is 0 Å². The number of fused-ring (bicyclic) bond motifs is 1. The van der Waals surface area contributed by atoms with Crippen LogP contribution in [0.2, 0.25) is 0 Å². The van der Waals surface area contributed by atoms with Gasteiger partial charge in [0.2, 0.25) is 5.95 Å². The molecular formula is C16H27N7O. The summed E-state index contributed by atoms with van der Waals surface area (Å²) >= 11 is 0. The zero-order chi connectivity index (χ0) is 17.9. The molecule has 2 rings (SSSR count). The van der Waals surface area contributed by atoms with Crippen molar-refractivity contribution in [1.29, 1.82) is 0 Å². The smallest absolute Gasteiger partial charge is 0.225 e. The van der Waals surface area contributed by atoms with Crippen LogP contribution in [0.15, 0.2) is 0 Å². The van der Waals surface area contributed by atoms with Gasteiger partial charge in [-0.05, 0) is 27.2 Å². The number of aromatic nitrogens is 4. The van der Waals surface area contributed by atoms with Gasteiger partial charge in [-0.2, -0.15) is 4.98 Å². The van der Waals surface area contributed by atoms with E-state index in [1.54, 1.807) is 27.9 Å². The van der Waals surface area contributed by atoms with Crippen LogP contribution in [0.4, 0.5) is 17.6 Å². The summed E-state index contributed by atoms with van der Waals surface area (Å²) in [7, 11) is 3.59. The molecule has 24 heavy (non-hydrogen) atoms. The molecule has 0 fully saturated rings. The average Bonchev–Trinajstić information content (AvgIpc) is 2.52. The lowest BCUT2D eigenvalue weighted by Gasteiger charge is -2.18. The Morgan fingerprint density at radius 1 is 1.00 bits per heavy atom. The number of aliphatic hydroxyl groups is 1. The highest BCUT2D eigenvalue weighted by Gasteiger charge is 2.20. The second-order valence-corrected chi connectivity index (χ2v) is 6.52. The third kappa shape index (κ3) is 4.19. The highest BCUT2D eigenvalue weighted by atomic mass is 16.3. The molecule has 0 aliphatic carbocycles. The van der Waals surface area contributed by atoms with Crippen LogP contribution in [0.3, 0.4) is 0 Å². The molecule has 8 nitrogen and oxygen atoms in total. The second kappa shape index (κ2) is 7.12. The van der Waals surface area contributed by atoms with Crippen molar-refractivity contribution in [3.63, 3.8) is 0 Å². The minimum atomic E-state index is -0.891. The molecule has 0 amide bonds. The van der Waals surface area contributed by atoms with Crippen molar-refractivity contribution in [2.45, 2.75) is 52.2 Å². The normalized spacial score (nSPS) is 13.0. The van der Waals surface area contributed by atoms with E-state index in [2.05, 4.69) is 49.7 Å². The first-order valence-electron chi connectivity index (χ1n) is 8.20. The van der Waals surface area contributed by atoms with Gasteiger partial charge in [-0.25, -0.2) is 15.0 Å². The Bertz CT molecular complexity index is 712. The third-order valence-electron chi connectivity index (χ3n) is 3.64. The molecule has 0 radical (unpaired) electrons. The topological polar surface area (TPSA) is 108 Å². The Labute approximate surface area is 142 Å². The van der Waals surface area contributed by atoms with Gasteiger partial charge in [-0.1, -0.05) is 6.92 Å². The lowest BCUT2D eigenvalue weighted by molar-refractivity contribution is 0.0789. The molecule has 8 heteroatoms. The monoisotopic (exact) mass is 333 g/mol. The standard InChI is InChI=1S/C16H27N7O/c1-7-9(2)19-15-22-12-11(14(18-6)23-15)20-10(8-16(3,4)24)21-13(12)17-5/h9,24H,7-8H2,1-6H3,(H,17,20,21)(H2,18,19,22,23)/t9-/m0/s1. The molecular weight excluding hydrogens is 306 g/mol. The van der Waals surface area contributed by atoms with Gasteiger partial charge in [-0.15, -0.1) is 0 Å². The summed E-state index contributed by atoms with van der Waals surface area (Å²) in [4.78, 5) is 18.1. The summed E-state index contributed by atoms with van der Waals surface area (Å²) in [6.45, 7) is 7.64. The summed E-state index contributed by atoms with van der Waals surface area (Å²) in [5.74, 6) is 2.32. The highest BCUT2D eigenvalue weighted by Crippen LogP contribution is 2.26. The van der Waals surface area contributed by atoms with Gasteiger partial charge in [0.15, 0.2) is 11.6 Å². The Hall–Kier alpha value is -2.22. The summed E-state index contributed by atoms with van der Waals surface area (Å²) < 4.78 is 0. The number of nitrogens with one attached hydrogen (secondary N) is 3. The van der Waals surface area contributed by atoms with Crippen LogP contribution in [-0.4, -0.2) is 50.8 Å². The number of hydrogen-bond acceptors (Lipinski definition) is 8. The molecule has 2 heterocycles. The SMILES string of the molecule is CC[C@H](C)Nc1nc(NC)c2nc(CC(C)(C)O)nc(NC)c2n1. The van der Waals surface area contributed by atoms with Crippen LogP contribution in [0.5, 0.6) is 0 Å². The summed E-state index contributed by atoms with van der Waals surface area (Å²) in [6.07, 6.45) is 1.31. The first-order chi connectivity index (χ1) is 11.3. The van der Waals surface area contributed by atoms with Crippen molar-refractivity contribution in [3.05, 3.63) is 5.82 Å². The maximum absolute atomic E-state index is 10.0. The molecule has 4 N–H and O–H groups in total. The maximum Gasteiger partial charge on any atom is 0.225 e. The van der Waals surface area contributed by atoms with E-state index in [0.29, 0.717) is 40.9 Å². The van der Waals surface area contributed by atoms with E-state index in [1.807, 2.05) is 0 Å². The van der Waals surface area contributed by atoms with E-state index in [-0.39, 0.29) is 6.04 Å². The lowest BCUT2D eigenvalue weighted by atomic mass is 10.1. The molecule has 2 aromatic rings. The van der Waals surface area contributed by atoms with Crippen molar-refractivity contribution < 1.29 is 5.11 Å². The Kier molecular flexibility index (Phi) is 5.38. The highest BCUT2D eigenvalue weighted by molar-refractivity contribution is 5.93. The van der Waals surface area contributed by atoms with Gasteiger partial charge in [0.25, 0.3) is 0 Å². The van der Waals surface area contributed by atoms with Gasteiger partial charge < -0.3 is 21.1 Å². The van der Waals surface area contributed by atoms with Crippen molar-refractivity contribution in [2.24, 2.45) is 0 Å². The van der Waals surface area contributed by atoms with Gasteiger partial charge in [0.1, 0.15) is 16.9 Å². The number of hydrogen-bond donors (Lipinski definition) is 4. The minimum Gasteiger partial charge on any atom is -0.390 e. The van der Waals surface area contributed by atoms with E-state index in [1.165, 1.54) is 0 Å². The first-order valence-corrected chi connectivity index (χ1v) is 8.20. The van der Waals surface area contributed by atoms with Crippen LogP contribution in [0.1, 0.15) is 39.9 Å². The molecule has 0 saturated heterocycles. The van der Waals surface area contributed by atoms with Crippen LogP contribution < -0.4 is 16.0 Å². The largest absolute Gasteiger partial charge is 0.390 e. The second-order valence-electron chi connectivity index (χ2n) is 6.52. The first kappa shape index (κ1) is 18.1. The van der Waals surface area contributed by atoms with Crippen LogP contribution in [-0.2, 0) is 6.42 Å². The van der Waals surface area contributed by atoms with Gasteiger partial charge >= 0.3 is 0 Å². The number of rotatable bonds is 7. The van der Waals surface area contributed by atoms with E-state index in [9.17, 15) is 5.11 Å². The minimum absolute atomic E-state index is 0.264. The zero-order valence-corrected chi connectivity index (χ0v) is 15.2. The Balaban J connectivity index is 2.59. The van der Waals surface area contributed by atoms with Crippen molar-refractivity contribution in [2.75, 3.05) is 30.0 Å². The fraction of sp³-hybridized carbons (Fsp3) is 0.625. The molecule has 0 spiro atoms. The van der Waals surface area contributed by atoms with Gasteiger partial charge in [-0.3, -0.25) is 0 Å². The molecule has 0 bridgehead atoms.